The molecule has 0 amide bonds. The molecule has 31 heavy (non-hydrogen) atoms. The van der Waals surface area contributed by atoms with Crippen LogP contribution in [0.5, 0.6) is 11.5 Å². The highest BCUT2D eigenvalue weighted by Crippen LogP contribution is 2.25. The lowest BCUT2D eigenvalue weighted by molar-refractivity contribution is 0.122. The van der Waals surface area contributed by atoms with E-state index in [0.717, 1.165) is 70.6 Å². The highest BCUT2D eigenvalue weighted by atomic mass is 16.5. The third-order valence-electron chi connectivity index (χ3n) is 5.06. The molecule has 4 N–H and O–H groups in total. The fourth-order valence-electron chi connectivity index (χ4n) is 3.24. The van der Waals surface area contributed by atoms with Crippen molar-refractivity contribution in [3.63, 3.8) is 0 Å². The normalized spacial score (nSPS) is 12.1. The first-order valence-corrected chi connectivity index (χ1v) is 11.3. The summed E-state index contributed by atoms with van der Waals surface area (Å²) in [5.74, 6) is 0.969. The summed E-state index contributed by atoms with van der Waals surface area (Å²) in [6, 6.07) is 14.7. The van der Waals surface area contributed by atoms with Gasteiger partial charge >= 0.3 is 0 Å². The molecule has 0 spiro atoms. The first kappa shape index (κ1) is 25.1. The molecule has 2 aromatic carbocycles. The Bertz CT molecular complexity index is 710. The number of ether oxygens (including phenoxy) is 2. The molecule has 0 aliphatic heterocycles. The molecule has 2 rings (SSSR count). The van der Waals surface area contributed by atoms with Gasteiger partial charge in [0.25, 0.3) is 0 Å². The number of aliphatic hydroxyl groups is 2. The van der Waals surface area contributed by atoms with E-state index in [9.17, 15) is 15.3 Å². The van der Waals surface area contributed by atoms with Gasteiger partial charge in [0.05, 0.1) is 19.3 Å². The van der Waals surface area contributed by atoms with Crippen LogP contribution in [0.2, 0.25) is 0 Å². The number of rotatable bonds is 17. The van der Waals surface area contributed by atoms with Gasteiger partial charge in [-0.2, -0.15) is 0 Å². The van der Waals surface area contributed by atoms with Gasteiger partial charge in [0.1, 0.15) is 11.5 Å². The van der Waals surface area contributed by atoms with Crippen molar-refractivity contribution in [3.8, 4) is 11.5 Å². The molecule has 0 bridgehead atoms. The summed E-state index contributed by atoms with van der Waals surface area (Å²) in [4.78, 5) is 0. The fraction of sp³-hybridized carbons (Fsp3) is 0.520. The van der Waals surface area contributed by atoms with Crippen molar-refractivity contribution in [1.29, 1.82) is 0 Å². The van der Waals surface area contributed by atoms with Crippen LogP contribution in [0.15, 0.2) is 48.5 Å². The minimum atomic E-state index is -0.794. The standard InChI is InChI=1S/C25H37NO5/c27-20-21-12-13-24(28)23(18-21)25(29)19-26-14-6-1-2-7-15-30-16-8-9-17-31-22-10-4-3-5-11-22/h3-5,10-13,18,25-29H,1-2,6-9,14-17,19-20H2. The number of para-hydroxylation sites is 1. The van der Waals surface area contributed by atoms with E-state index in [1.807, 2.05) is 30.3 Å². The molecule has 172 valence electrons. The van der Waals surface area contributed by atoms with Crippen LogP contribution in [-0.4, -0.2) is 48.2 Å². The van der Waals surface area contributed by atoms with Gasteiger partial charge in [0, 0.05) is 25.3 Å². The van der Waals surface area contributed by atoms with E-state index in [0.29, 0.717) is 17.7 Å². The quantitative estimate of drug-likeness (QED) is 0.284. The van der Waals surface area contributed by atoms with Crippen molar-refractivity contribution >= 4 is 0 Å². The molecule has 1 unspecified atom stereocenters. The molecule has 2 aromatic rings. The highest BCUT2D eigenvalue weighted by molar-refractivity contribution is 5.37. The second-order valence-electron chi connectivity index (χ2n) is 7.67. The predicted molar refractivity (Wildman–Crippen MR) is 122 cm³/mol. The fourth-order valence-corrected chi connectivity index (χ4v) is 3.24. The molecule has 0 radical (unpaired) electrons. The Morgan fingerprint density at radius 2 is 1.55 bits per heavy atom. The number of hydrogen-bond donors (Lipinski definition) is 4. The Morgan fingerprint density at radius 3 is 2.32 bits per heavy atom. The van der Waals surface area contributed by atoms with E-state index >= 15 is 0 Å². The Kier molecular flexibility index (Phi) is 12.7. The van der Waals surface area contributed by atoms with E-state index < -0.39 is 6.10 Å². The van der Waals surface area contributed by atoms with Gasteiger partial charge in [-0.25, -0.2) is 0 Å². The maximum absolute atomic E-state index is 10.2. The summed E-state index contributed by atoms with van der Waals surface area (Å²) in [6.07, 6.45) is 5.54. The average molecular weight is 432 g/mol. The van der Waals surface area contributed by atoms with Crippen LogP contribution < -0.4 is 10.1 Å². The molecule has 0 aromatic heterocycles. The van der Waals surface area contributed by atoms with Crippen LogP contribution >= 0.6 is 0 Å². The summed E-state index contributed by atoms with van der Waals surface area (Å²) in [6.45, 7) is 3.38. The summed E-state index contributed by atoms with van der Waals surface area (Å²) in [7, 11) is 0. The van der Waals surface area contributed by atoms with E-state index in [2.05, 4.69) is 5.32 Å². The summed E-state index contributed by atoms with van der Waals surface area (Å²) < 4.78 is 11.3. The number of nitrogens with one attached hydrogen (secondary N) is 1. The topological polar surface area (TPSA) is 91.2 Å². The van der Waals surface area contributed by atoms with Gasteiger partial charge in [0.2, 0.25) is 0 Å². The van der Waals surface area contributed by atoms with Gasteiger partial charge < -0.3 is 30.1 Å². The molecule has 0 aliphatic carbocycles. The van der Waals surface area contributed by atoms with Gasteiger partial charge in [-0.05, 0) is 62.1 Å². The number of aromatic hydroxyl groups is 1. The van der Waals surface area contributed by atoms with E-state index in [1.54, 1.807) is 12.1 Å². The predicted octanol–water partition coefficient (Wildman–Crippen LogP) is 3.94. The molecule has 0 saturated heterocycles. The molecule has 0 saturated carbocycles. The van der Waals surface area contributed by atoms with Crippen molar-refractivity contribution in [3.05, 3.63) is 59.7 Å². The molecular weight excluding hydrogens is 394 g/mol. The first-order chi connectivity index (χ1) is 15.2. The number of aliphatic hydroxyl groups excluding tert-OH is 2. The third kappa shape index (κ3) is 10.6. The second kappa shape index (κ2) is 15.6. The summed E-state index contributed by atoms with van der Waals surface area (Å²) >= 11 is 0. The maximum atomic E-state index is 10.2. The van der Waals surface area contributed by atoms with Crippen molar-refractivity contribution < 1.29 is 24.8 Å². The molecule has 0 heterocycles. The van der Waals surface area contributed by atoms with Crippen molar-refractivity contribution in [2.45, 2.75) is 51.2 Å². The van der Waals surface area contributed by atoms with E-state index in [-0.39, 0.29) is 12.4 Å². The monoisotopic (exact) mass is 431 g/mol. The van der Waals surface area contributed by atoms with Crippen molar-refractivity contribution in [1.82, 2.24) is 5.32 Å². The zero-order valence-electron chi connectivity index (χ0n) is 18.3. The van der Waals surface area contributed by atoms with Crippen molar-refractivity contribution in [2.24, 2.45) is 0 Å². The van der Waals surface area contributed by atoms with Gasteiger partial charge in [-0.15, -0.1) is 0 Å². The number of hydrogen-bond acceptors (Lipinski definition) is 6. The second-order valence-corrected chi connectivity index (χ2v) is 7.67. The van der Waals surface area contributed by atoms with Gasteiger partial charge in [-0.1, -0.05) is 37.1 Å². The molecule has 6 nitrogen and oxygen atoms in total. The SMILES string of the molecule is OCc1ccc(O)c(C(O)CNCCCCCCOCCCCOc2ccccc2)c1. The van der Waals surface area contributed by atoms with Crippen LogP contribution in [-0.2, 0) is 11.3 Å². The smallest absolute Gasteiger partial charge is 0.121 e. The average Bonchev–Trinajstić information content (AvgIpc) is 2.80. The van der Waals surface area contributed by atoms with Crippen LogP contribution in [0, 0.1) is 0 Å². The van der Waals surface area contributed by atoms with Crippen LogP contribution in [0.25, 0.3) is 0 Å². The number of phenols is 1. The van der Waals surface area contributed by atoms with Gasteiger partial charge in [0.15, 0.2) is 0 Å². The van der Waals surface area contributed by atoms with E-state index in [4.69, 9.17) is 9.47 Å². The third-order valence-corrected chi connectivity index (χ3v) is 5.06. The lowest BCUT2D eigenvalue weighted by Gasteiger charge is -2.14. The number of unbranched alkanes of at least 4 members (excludes halogenated alkanes) is 4. The first-order valence-electron chi connectivity index (χ1n) is 11.3. The molecular formula is C25H37NO5. The Balaban J connectivity index is 1.37. The molecule has 6 heteroatoms. The zero-order chi connectivity index (χ0) is 22.2. The van der Waals surface area contributed by atoms with Crippen LogP contribution in [0.4, 0.5) is 0 Å². The Hall–Kier alpha value is -2.12. The van der Waals surface area contributed by atoms with Gasteiger partial charge in [-0.3, -0.25) is 0 Å². The Morgan fingerprint density at radius 1 is 0.839 bits per heavy atom. The number of phenolic OH excluding ortho intramolecular Hbond substituents is 1. The minimum absolute atomic E-state index is 0.0511. The summed E-state index contributed by atoms with van der Waals surface area (Å²) in [5, 5.41) is 32.5. The minimum Gasteiger partial charge on any atom is -0.508 e. The van der Waals surface area contributed by atoms with Crippen molar-refractivity contribution in [2.75, 3.05) is 32.9 Å². The molecule has 0 aliphatic rings. The molecule has 0 fully saturated rings. The maximum Gasteiger partial charge on any atom is 0.121 e. The van der Waals surface area contributed by atoms with E-state index in [1.165, 1.54) is 6.07 Å². The lowest BCUT2D eigenvalue weighted by Crippen LogP contribution is -2.22. The largest absolute Gasteiger partial charge is 0.508 e. The highest BCUT2D eigenvalue weighted by Gasteiger charge is 2.12. The summed E-state index contributed by atoms with van der Waals surface area (Å²) in [5.41, 5.74) is 1.12. The Labute approximate surface area is 185 Å². The zero-order valence-corrected chi connectivity index (χ0v) is 18.3. The van der Waals surface area contributed by atoms with Crippen LogP contribution in [0.1, 0.15) is 55.8 Å². The number of benzene rings is 2. The lowest BCUT2D eigenvalue weighted by atomic mass is 10.0. The molecule has 1 atom stereocenters. The van der Waals surface area contributed by atoms with Crippen LogP contribution in [0.3, 0.4) is 0 Å².